The molecule has 1 aliphatic rings. The van der Waals surface area contributed by atoms with Crippen LogP contribution in [0.5, 0.6) is 0 Å². The predicted molar refractivity (Wildman–Crippen MR) is 86.1 cm³/mol. The lowest BCUT2D eigenvalue weighted by Gasteiger charge is -2.23. The van der Waals surface area contributed by atoms with Crippen LogP contribution in [-0.2, 0) is 13.1 Å². The molecule has 0 aliphatic carbocycles. The monoisotopic (exact) mass is 302 g/mol. The van der Waals surface area contributed by atoms with E-state index in [2.05, 4.69) is 45.7 Å². The second-order valence-electron chi connectivity index (χ2n) is 5.90. The molecule has 1 atom stereocenters. The first-order chi connectivity index (χ1) is 10.2. The minimum Gasteiger partial charge on any atom is -0.304 e. The first kappa shape index (κ1) is 14.6. The third kappa shape index (κ3) is 3.67. The minimum absolute atomic E-state index is 0.368. The van der Waals surface area contributed by atoms with Crippen LogP contribution in [0.1, 0.15) is 36.0 Å². The van der Waals surface area contributed by atoms with Crippen molar-refractivity contribution >= 4 is 11.3 Å². The van der Waals surface area contributed by atoms with Gasteiger partial charge in [-0.15, -0.1) is 0 Å². The van der Waals surface area contributed by atoms with E-state index in [1.165, 1.54) is 12.0 Å². The Morgan fingerprint density at radius 3 is 3.05 bits per heavy atom. The third-order valence-electron chi connectivity index (χ3n) is 3.84. The van der Waals surface area contributed by atoms with Gasteiger partial charge in [0.25, 0.3) is 0 Å². The number of hydrogen-bond acceptors (Lipinski definition) is 5. The fraction of sp³-hybridized carbons (Fsp3) is 0.500. The maximum absolute atomic E-state index is 4.78. The fourth-order valence-electron chi connectivity index (χ4n) is 2.91. The molecule has 5 heteroatoms. The van der Waals surface area contributed by atoms with Crippen LogP contribution in [0.3, 0.4) is 0 Å². The maximum atomic E-state index is 4.78. The predicted octanol–water partition coefficient (Wildman–Crippen LogP) is 2.94. The van der Waals surface area contributed by atoms with Crippen LogP contribution in [-0.4, -0.2) is 40.4 Å². The van der Waals surface area contributed by atoms with Gasteiger partial charge in [0.2, 0.25) is 0 Å². The largest absolute Gasteiger partial charge is 0.304 e. The second kappa shape index (κ2) is 6.64. The lowest BCUT2D eigenvalue weighted by atomic mass is 10.2. The van der Waals surface area contributed by atoms with Crippen LogP contribution in [0.2, 0.25) is 0 Å². The average molecular weight is 302 g/mol. The molecule has 1 fully saturated rings. The van der Waals surface area contributed by atoms with Gasteiger partial charge in [-0.3, -0.25) is 4.90 Å². The highest BCUT2D eigenvalue weighted by atomic mass is 32.1. The summed E-state index contributed by atoms with van der Waals surface area (Å²) >= 11 is 1.77. The minimum atomic E-state index is 0.368. The van der Waals surface area contributed by atoms with Crippen molar-refractivity contribution in [2.45, 2.75) is 32.0 Å². The van der Waals surface area contributed by atoms with Crippen molar-refractivity contribution in [2.24, 2.45) is 0 Å². The lowest BCUT2D eigenvalue weighted by molar-refractivity contribution is 0.239. The van der Waals surface area contributed by atoms with Gasteiger partial charge >= 0.3 is 0 Å². The number of rotatable bonds is 5. The summed E-state index contributed by atoms with van der Waals surface area (Å²) in [7, 11) is 4.14. The standard InChI is InChI=1S/C16H22N4S/c1-19(2)11-14-5-7-17-16(18-14)15-4-3-8-20(15)10-13-6-9-21-12-13/h5-7,9,12,15H,3-4,8,10-11H2,1-2H3. The molecular formula is C16H22N4S. The molecule has 3 heterocycles. The van der Waals surface area contributed by atoms with E-state index in [0.29, 0.717) is 6.04 Å². The van der Waals surface area contributed by atoms with Gasteiger partial charge in [0.05, 0.1) is 11.7 Å². The van der Waals surface area contributed by atoms with Crippen LogP contribution < -0.4 is 0 Å². The molecule has 0 spiro atoms. The molecule has 0 bridgehead atoms. The zero-order valence-corrected chi connectivity index (χ0v) is 13.5. The summed E-state index contributed by atoms with van der Waals surface area (Å²) in [5.41, 5.74) is 2.50. The summed E-state index contributed by atoms with van der Waals surface area (Å²) in [4.78, 5) is 14.0. The van der Waals surface area contributed by atoms with Crippen LogP contribution in [0.25, 0.3) is 0 Å². The zero-order chi connectivity index (χ0) is 14.7. The van der Waals surface area contributed by atoms with Crippen LogP contribution in [0.15, 0.2) is 29.1 Å². The molecule has 3 rings (SSSR count). The summed E-state index contributed by atoms with van der Waals surface area (Å²) in [5, 5.41) is 4.38. The van der Waals surface area contributed by atoms with E-state index in [-0.39, 0.29) is 0 Å². The highest BCUT2D eigenvalue weighted by Crippen LogP contribution is 2.31. The number of hydrogen-bond donors (Lipinski definition) is 0. The van der Waals surface area contributed by atoms with Crippen molar-refractivity contribution in [3.63, 3.8) is 0 Å². The first-order valence-corrected chi connectivity index (χ1v) is 8.38. The topological polar surface area (TPSA) is 32.3 Å². The molecular weight excluding hydrogens is 280 g/mol. The van der Waals surface area contributed by atoms with Gasteiger partial charge in [0, 0.05) is 19.3 Å². The SMILES string of the molecule is CN(C)Cc1ccnc(C2CCCN2Cc2ccsc2)n1. The molecule has 2 aromatic heterocycles. The van der Waals surface area contributed by atoms with Gasteiger partial charge in [-0.25, -0.2) is 9.97 Å². The Hall–Kier alpha value is -1.30. The highest BCUT2D eigenvalue weighted by molar-refractivity contribution is 7.07. The molecule has 0 amide bonds. The Morgan fingerprint density at radius 1 is 1.38 bits per heavy atom. The van der Waals surface area contributed by atoms with Crippen LogP contribution in [0, 0.1) is 0 Å². The molecule has 4 nitrogen and oxygen atoms in total. The number of aromatic nitrogens is 2. The Kier molecular flexibility index (Phi) is 4.63. The Balaban J connectivity index is 1.75. The first-order valence-electron chi connectivity index (χ1n) is 7.44. The van der Waals surface area contributed by atoms with Gasteiger partial charge in [-0.05, 0) is 61.9 Å². The van der Waals surface area contributed by atoms with E-state index < -0.39 is 0 Å². The summed E-state index contributed by atoms with van der Waals surface area (Å²) in [6, 6.07) is 4.59. The molecule has 1 saturated heterocycles. The van der Waals surface area contributed by atoms with Crippen LogP contribution in [0.4, 0.5) is 0 Å². The molecule has 0 radical (unpaired) electrons. The highest BCUT2D eigenvalue weighted by Gasteiger charge is 2.28. The van der Waals surface area contributed by atoms with Crippen LogP contribution >= 0.6 is 11.3 Å². The molecule has 1 aliphatic heterocycles. The molecule has 0 aromatic carbocycles. The quantitative estimate of drug-likeness (QED) is 0.850. The van der Waals surface area contributed by atoms with Crippen molar-refractivity contribution in [1.29, 1.82) is 0 Å². The van der Waals surface area contributed by atoms with E-state index in [1.54, 1.807) is 11.3 Å². The van der Waals surface area contributed by atoms with Gasteiger partial charge in [0.1, 0.15) is 5.82 Å². The van der Waals surface area contributed by atoms with E-state index in [4.69, 9.17) is 4.98 Å². The van der Waals surface area contributed by atoms with Crippen molar-refractivity contribution in [1.82, 2.24) is 19.8 Å². The Labute approximate surface area is 130 Å². The van der Waals surface area contributed by atoms with Gasteiger partial charge in [-0.2, -0.15) is 11.3 Å². The smallest absolute Gasteiger partial charge is 0.145 e. The van der Waals surface area contributed by atoms with E-state index in [9.17, 15) is 0 Å². The normalized spacial score (nSPS) is 19.5. The van der Waals surface area contributed by atoms with Gasteiger partial charge in [-0.1, -0.05) is 0 Å². The summed E-state index contributed by atoms with van der Waals surface area (Å²) in [5.74, 6) is 0.988. The van der Waals surface area contributed by atoms with Crippen molar-refractivity contribution in [3.05, 3.63) is 46.2 Å². The molecule has 1 unspecified atom stereocenters. The third-order valence-corrected chi connectivity index (χ3v) is 4.57. The summed E-state index contributed by atoms with van der Waals surface area (Å²) in [6.07, 6.45) is 4.30. The number of likely N-dealkylation sites (tertiary alicyclic amines) is 1. The van der Waals surface area contributed by atoms with Gasteiger partial charge < -0.3 is 4.90 Å². The zero-order valence-electron chi connectivity index (χ0n) is 12.7. The van der Waals surface area contributed by atoms with E-state index in [1.807, 2.05) is 12.3 Å². The molecule has 0 saturated carbocycles. The lowest BCUT2D eigenvalue weighted by Crippen LogP contribution is -2.24. The maximum Gasteiger partial charge on any atom is 0.145 e. The summed E-state index contributed by atoms with van der Waals surface area (Å²) in [6.45, 7) is 3.02. The molecule has 112 valence electrons. The Bertz CT molecular complexity index is 567. The molecule has 0 N–H and O–H groups in total. The van der Waals surface area contributed by atoms with E-state index >= 15 is 0 Å². The second-order valence-corrected chi connectivity index (χ2v) is 6.68. The Morgan fingerprint density at radius 2 is 2.29 bits per heavy atom. The van der Waals surface area contributed by atoms with E-state index in [0.717, 1.165) is 37.6 Å². The summed E-state index contributed by atoms with van der Waals surface area (Å²) < 4.78 is 0. The number of nitrogens with zero attached hydrogens (tertiary/aromatic N) is 4. The van der Waals surface area contributed by atoms with Crippen molar-refractivity contribution in [2.75, 3.05) is 20.6 Å². The fourth-order valence-corrected chi connectivity index (χ4v) is 3.57. The number of thiophene rings is 1. The van der Waals surface area contributed by atoms with Gasteiger partial charge in [0.15, 0.2) is 0 Å². The van der Waals surface area contributed by atoms with Crippen molar-refractivity contribution in [3.8, 4) is 0 Å². The van der Waals surface area contributed by atoms with Crippen molar-refractivity contribution < 1.29 is 0 Å². The molecule has 21 heavy (non-hydrogen) atoms. The molecule has 2 aromatic rings. The average Bonchev–Trinajstić information content (AvgIpc) is 3.10.